The van der Waals surface area contributed by atoms with Gasteiger partial charge < -0.3 is 21.3 Å². The molecule has 0 aliphatic carbocycles. The third-order valence-electron chi connectivity index (χ3n) is 7.18. The van der Waals surface area contributed by atoms with Crippen LogP contribution in [-0.4, -0.2) is 50.3 Å². The number of hydrogen-bond acceptors (Lipinski definition) is 8. The maximum atomic E-state index is 13.7. The van der Waals surface area contributed by atoms with E-state index < -0.39 is 6.04 Å². The zero-order chi connectivity index (χ0) is 26.9. The number of nitrogens with two attached hydrogens (primary N) is 1. The number of aromatic nitrogens is 5. The Morgan fingerprint density at radius 2 is 1.72 bits per heavy atom. The van der Waals surface area contributed by atoms with Gasteiger partial charge in [-0.1, -0.05) is 30.3 Å². The number of anilines is 3. The quantitative estimate of drug-likeness (QED) is 0.311. The molecule has 4 N–H and O–H groups in total. The minimum atomic E-state index is -0.391. The Morgan fingerprint density at radius 3 is 2.46 bits per heavy atom. The van der Waals surface area contributed by atoms with E-state index in [0.29, 0.717) is 28.5 Å². The summed E-state index contributed by atoms with van der Waals surface area (Å²) in [5.41, 5.74) is 11.2. The highest BCUT2D eigenvalue weighted by molar-refractivity contribution is 5.84. The SMILES string of the molecule is Cc1ccn2nc([C@H](C)Nc3ncnc(N)c3-c3ccc(N4CCNCC4)cc3)n(-c3ccccc3)c(=O)c12. The van der Waals surface area contributed by atoms with Crippen LogP contribution >= 0.6 is 0 Å². The molecule has 5 aromatic rings. The smallest absolute Gasteiger partial charge is 0.282 e. The number of rotatable bonds is 6. The first kappa shape index (κ1) is 24.6. The summed E-state index contributed by atoms with van der Waals surface area (Å²) in [6, 6.07) is 19.4. The average molecular weight is 522 g/mol. The van der Waals surface area contributed by atoms with Crippen molar-refractivity contribution in [3.05, 3.63) is 94.9 Å². The molecule has 1 saturated heterocycles. The molecule has 0 unspecified atom stereocenters. The summed E-state index contributed by atoms with van der Waals surface area (Å²) in [4.78, 5) is 24.9. The number of nitrogens with one attached hydrogen (secondary N) is 2. The fourth-order valence-electron chi connectivity index (χ4n) is 5.16. The second-order valence-corrected chi connectivity index (χ2v) is 9.76. The van der Waals surface area contributed by atoms with Crippen LogP contribution in [0, 0.1) is 6.92 Å². The Bertz CT molecular complexity index is 1670. The van der Waals surface area contributed by atoms with E-state index in [1.807, 2.05) is 56.4 Å². The summed E-state index contributed by atoms with van der Waals surface area (Å²) in [7, 11) is 0. The Hall–Kier alpha value is -4.70. The summed E-state index contributed by atoms with van der Waals surface area (Å²) in [6.45, 7) is 7.77. The minimum Gasteiger partial charge on any atom is -0.383 e. The highest BCUT2D eigenvalue weighted by atomic mass is 16.1. The van der Waals surface area contributed by atoms with E-state index in [0.717, 1.165) is 43.0 Å². The zero-order valence-corrected chi connectivity index (χ0v) is 22.0. The molecule has 198 valence electrons. The molecule has 0 bridgehead atoms. The van der Waals surface area contributed by atoms with Crippen molar-refractivity contribution in [1.29, 1.82) is 0 Å². The number of fused-ring (bicyclic) bond motifs is 1. The van der Waals surface area contributed by atoms with Crippen molar-refractivity contribution in [2.75, 3.05) is 42.1 Å². The lowest BCUT2D eigenvalue weighted by Gasteiger charge is -2.29. The minimum absolute atomic E-state index is 0.131. The lowest BCUT2D eigenvalue weighted by Crippen LogP contribution is -2.43. The Labute approximate surface area is 226 Å². The number of aryl methyl sites for hydroxylation is 1. The number of hydrogen-bond donors (Lipinski definition) is 3. The van der Waals surface area contributed by atoms with Crippen molar-refractivity contribution in [3.63, 3.8) is 0 Å². The van der Waals surface area contributed by atoms with Crippen LogP contribution in [0.3, 0.4) is 0 Å². The Balaban J connectivity index is 1.39. The Morgan fingerprint density at radius 1 is 0.974 bits per heavy atom. The molecule has 2 aromatic carbocycles. The van der Waals surface area contributed by atoms with Gasteiger partial charge in [-0.2, -0.15) is 5.10 Å². The first-order valence-corrected chi connectivity index (χ1v) is 13.1. The van der Waals surface area contributed by atoms with Crippen LogP contribution in [-0.2, 0) is 0 Å². The Kier molecular flexibility index (Phi) is 6.45. The second-order valence-electron chi connectivity index (χ2n) is 9.76. The molecule has 0 radical (unpaired) electrons. The van der Waals surface area contributed by atoms with E-state index in [9.17, 15) is 4.79 Å². The molecular formula is C29H31N9O. The fraction of sp³-hybridized carbons (Fsp3) is 0.241. The molecule has 0 spiro atoms. The predicted octanol–water partition coefficient (Wildman–Crippen LogP) is 3.42. The highest BCUT2D eigenvalue weighted by Gasteiger charge is 2.22. The van der Waals surface area contributed by atoms with Crippen molar-refractivity contribution in [2.45, 2.75) is 19.9 Å². The first-order valence-electron chi connectivity index (χ1n) is 13.1. The molecule has 0 amide bonds. The maximum Gasteiger partial charge on any atom is 0.282 e. The van der Waals surface area contributed by atoms with Gasteiger partial charge in [0.05, 0.1) is 17.3 Å². The summed E-state index contributed by atoms with van der Waals surface area (Å²) < 4.78 is 3.31. The molecule has 6 rings (SSSR count). The van der Waals surface area contributed by atoms with Gasteiger partial charge >= 0.3 is 0 Å². The van der Waals surface area contributed by atoms with E-state index in [1.165, 1.54) is 12.0 Å². The van der Waals surface area contributed by atoms with Crippen LogP contribution in [0.1, 0.15) is 24.4 Å². The van der Waals surface area contributed by atoms with Crippen molar-refractivity contribution in [3.8, 4) is 16.8 Å². The van der Waals surface area contributed by atoms with E-state index in [1.54, 1.807) is 9.08 Å². The van der Waals surface area contributed by atoms with Crippen LogP contribution in [0.5, 0.6) is 0 Å². The summed E-state index contributed by atoms with van der Waals surface area (Å²) in [5.74, 6) is 1.49. The van der Waals surface area contributed by atoms with Crippen LogP contribution in [0.4, 0.5) is 17.3 Å². The van der Waals surface area contributed by atoms with Gasteiger partial charge in [-0.05, 0) is 55.3 Å². The highest BCUT2D eigenvalue weighted by Crippen LogP contribution is 2.34. The fourth-order valence-corrected chi connectivity index (χ4v) is 5.16. The third-order valence-corrected chi connectivity index (χ3v) is 7.18. The van der Waals surface area contributed by atoms with Gasteiger partial charge in [-0.25, -0.2) is 14.5 Å². The molecule has 39 heavy (non-hydrogen) atoms. The van der Waals surface area contributed by atoms with Crippen molar-refractivity contribution < 1.29 is 0 Å². The number of benzene rings is 2. The van der Waals surface area contributed by atoms with E-state index in [2.05, 4.69) is 49.8 Å². The van der Waals surface area contributed by atoms with Gasteiger partial charge in [0.1, 0.15) is 23.5 Å². The topological polar surface area (TPSA) is 118 Å². The summed E-state index contributed by atoms with van der Waals surface area (Å²) >= 11 is 0. The summed E-state index contributed by atoms with van der Waals surface area (Å²) in [5, 5.41) is 11.7. The van der Waals surface area contributed by atoms with Crippen molar-refractivity contribution >= 4 is 22.8 Å². The number of nitrogens with zero attached hydrogens (tertiary/aromatic N) is 6. The molecule has 1 aliphatic heterocycles. The van der Waals surface area contributed by atoms with Gasteiger partial charge in [-0.3, -0.25) is 9.36 Å². The van der Waals surface area contributed by atoms with Crippen LogP contribution in [0.25, 0.3) is 22.3 Å². The number of piperazine rings is 1. The third kappa shape index (κ3) is 4.59. The molecule has 0 saturated carbocycles. The molecule has 1 aliphatic rings. The average Bonchev–Trinajstić information content (AvgIpc) is 3.35. The first-order chi connectivity index (χ1) is 19.0. The maximum absolute atomic E-state index is 13.7. The van der Waals surface area contributed by atoms with E-state index in [-0.39, 0.29) is 5.56 Å². The van der Waals surface area contributed by atoms with Crippen LogP contribution in [0.15, 0.2) is 78.0 Å². The normalized spacial score (nSPS) is 14.5. The molecule has 10 nitrogen and oxygen atoms in total. The molecule has 1 fully saturated rings. The standard InChI is InChI=1S/C29H31N9O/c1-19-12-15-37-25(19)29(39)38(23-6-4-3-5-7-23)28(35-37)20(2)34-27-24(26(30)32-18-33-27)21-8-10-22(11-9-21)36-16-13-31-14-17-36/h3-12,15,18,20,31H,13-14,16-17H2,1-2H3,(H3,30,32,33,34)/t20-/m0/s1. The van der Waals surface area contributed by atoms with Gasteiger partial charge in [0.2, 0.25) is 0 Å². The van der Waals surface area contributed by atoms with E-state index >= 15 is 0 Å². The monoisotopic (exact) mass is 521 g/mol. The summed E-state index contributed by atoms with van der Waals surface area (Å²) in [6.07, 6.45) is 3.25. The van der Waals surface area contributed by atoms with Gasteiger partial charge in [-0.15, -0.1) is 0 Å². The number of para-hydroxylation sites is 1. The van der Waals surface area contributed by atoms with E-state index in [4.69, 9.17) is 10.8 Å². The molecule has 3 aromatic heterocycles. The van der Waals surface area contributed by atoms with Gasteiger partial charge in [0.25, 0.3) is 5.56 Å². The molecule has 10 heteroatoms. The predicted molar refractivity (Wildman–Crippen MR) is 155 cm³/mol. The van der Waals surface area contributed by atoms with Gasteiger partial charge in [0, 0.05) is 38.1 Å². The largest absolute Gasteiger partial charge is 0.383 e. The van der Waals surface area contributed by atoms with Crippen molar-refractivity contribution in [2.24, 2.45) is 0 Å². The molecular weight excluding hydrogens is 490 g/mol. The van der Waals surface area contributed by atoms with Crippen LogP contribution < -0.4 is 26.8 Å². The molecule has 4 heterocycles. The lowest BCUT2D eigenvalue weighted by atomic mass is 10.1. The van der Waals surface area contributed by atoms with Crippen molar-refractivity contribution in [1.82, 2.24) is 29.5 Å². The second kappa shape index (κ2) is 10.2. The number of nitrogen functional groups attached to an aromatic ring is 1. The van der Waals surface area contributed by atoms with Crippen LogP contribution in [0.2, 0.25) is 0 Å². The van der Waals surface area contributed by atoms with Gasteiger partial charge in [0.15, 0.2) is 5.82 Å². The zero-order valence-electron chi connectivity index (χ0n) is 22.0. The lowest BCUT2D eigenvalue weighted by molar-refractivity contribution is 0.589. The molecule has 1 atom stereocenters.